The molecule has 0 saturated carbocycles. The first kappa shape index (κ1) is 33.9. The van der Waals surface area contributed by atoms with E-state index < -0.39 is 5.41 Å². The summed E-state index contributed by atoms with van der Waals surface area (Å²) >= 11 is 0. The van der Waals surface area contributed by atoms with Crippen LogP contribution in [0.4, 0.5) is 0 Å². The Morgan fingerprint density at radius 2 is 0.789 bits per heavy atom. The summed E-state index contributed by atoms with van der Waals surface area (Å²) in [6.07, 6.45) is 0. The maximum absolute atomic E-state index is 9.48. The van der Waals surface area contributed by atoms with Crippen LogP contribution >= 0.6 is 0 Å². The zero-order valence-corrected chi connectivity index (χ0v) is 31.0. The van der Waals surface area contributed by atoms with E-state index in [9.17, 15) is 5.26 Å². The average molecular weight is 726 g/mol. The van der Waals surface area contributed by atoms with E-state index in [0.29, 0.717) is 11.4 Å². The minimum absolute atomic E-state index is 0.578. The van der Waals surface area contributed by atoms with Crippen LogP contribution in [0.5, 0.6) is 0 Å². The summed E-state index contributed by atoms with van der Waals surface area (Å²) < 4.78 is 0. The van der Waals surface area contributed by atoms with Crippen molar-refractivity contribution < 1.29 is 0 Å². The molecule has 1 aliphatic carbocycles. The average Bonchev–Trinajstić information content (AvgIpc) is 3.60. The summed E-state index contributed by atoms with van der Waals surface area (Å²) in [4.78, 5) is 10.2. The van der Waals surface area contributed by atoms with Gasteiger partial charge in [-0.3, -0.25) is 0 Å². The van der Waals surface area contributed by atoms with Gasteiger partial charge in [0.25, 0.3) is 0 Å². The van der Waals surface area contributed by atoms with E-state index in [-0.39, 0.29) is 0 Å². The highest BCUT2D eigenvalue weighted by atomic mass is 14.9. The summed E-state index contributed by atoms with van der Waals surface area (Å²) in [5.74, 6) is 0.698. The molecule has 0 atom stereocenters. The molecule has 1 aliphatic rings. The Labute approximate surface area is 332 Å². The topological polar surface area (TPSA) is 49.6 Å². The van der Waals surface area contributed by atoms with E-state index in [1.165, 1.54) is 33.4 Å². The third-order valence-electron chi connectivity index (χ3n) is 11.2. The molecule has 0 bridgehead atoms. The van der Waals surface area contributed by atoms with Gasteiger partial charge in [-0.25, -0.2) is 9.97 Å². The van der Waals surface area contributed by atoms with Gasteiger partial charge in [0.05, 0.1) is 28.4 Å². The van der Waals surface area contributed by atoms with Crippen LogP contribution in [-0.2, 0) is 5.41 Å². The molecule has 0 spiro atoms. The van der Waals surface area contributed by atoms with Gasteiger partial charge in [0.15, 0.2) is 5.82 Å². The predicted molar refractivity (Wildman–Crippen MR) is 231 cm³/mol. The summed E-state index contributed by atoms with van der Waals surface area (Å²) in [5.41, 5.74) is 16.7. The lowest BCUT2D eigenvalue weighted by atomic mass is 9.67. The monoisotopic (exact) mass is 725 g/mol. The minimum atomic E-state index is -0.578. The fourth-order valence-corrected chi connectivity index (χ4v) is 8.51. The molecular formula is C54H35N3. The molecule has 266 valence electrons. The van der Waals surface area contributed by atoms with E-state index in [0.717, 1.165) is 50.3 Å². The standard InChI is InChI=1S/C54H35N3/c55-36-37-24-26-38(27-25-37)42-28-30-47-48-31-29-43(34-50(48)54(49(47)33-42,45-20-9-3-10-21-45)46-22-11-4-12-23-46)41-18-13-19-44(32-41)52-35-51(39-14-5-1-6-15-39)56-53(57-52)40-16-7-2-8-17-40/h1-35H. The van der Waals surface area contributed by atoms with Crippen LogP contribution in [0.25, 0.3) is 67.3 Å². The molecule has 9 aromatic rings. The molecule has 0 aliphatic heterocycles. The molecule has 57 heavy (non-hydrogen) atoms. The highest BCUT2D eigenvalue weighted by Crippen LogP contribution is 2.57. The first-order chi connectivity index (χ1) is 28.2. The van der Waals surface area contributed by atoms with Crippen LogP contribution in [0.2, 0.25) is 0 Å². The maximum Gasteiger partial charge on any atom is 0.160 e. The van der Waals surface area contributed by atoms with Crippen LogP contribution in [0.15, 0.2) is 212 Å². The summed E-state index contributed by atoms with van der Waals surface area (Å²) in [6, 6.07) is 77.1. The van der Waals surface area contributed by atoms with Crippen molar-refractivity contribution in [1.82, 2.24) is 9.97 Å². The highest BCUT2D eigenvalue weighted by molar-refractivity contribution is 5.90. The van der Waals surface area contributed by atoms with Crippen LogP contribution in [0.3, 0.4) is 0 Å². The zero-order chi connectivity index (χ0) is 38.2. The van der Waals surface area contributed by atoms with Crippen molar-refractivity contribution in [3.05, 3.63) is 240 Å². The minimum Gasteiger partial charge on any atom is -0.228 e. The fourth-order valence-electron chi connectivity index (χ4n) is 8.51. The molecule has 10 rings (SSSR count). The maximum atomic E-state index is 9.48. The van der Waals surface area contributed by atoms with Gasteiger partial charge in [-0.05, 0) is 92.0 Å². The SMILES string of the molecule is N#Cc1ccc(-c2ccc3c(c2)C(c2ccccc2)(c2ccccc2)c2cc(-c4cccc(-c5cc(-c6ccccc6)nc(-c6ccccc6)n5)c4)ccc2-3)cc1. The lowest BCUT2D eigenvalue weighted by Crippen LogP contribution is -2.28. The largest absolute Gasteiger partial charge is 0.228 e. The highest BCUT2D eigenvalue weighted by Gasteiger charge is 2.46. The second-order valence-electron chi connectivity index (χ2n) is 14.5. The van der Waals surface area contributed by atoms with Crippen molar-refractivity contribution in [1.29, 1.82) is 5.26 Å². The van der Waals surface area contributed by atoms with Gasteiger partial charge in [-0.1, -0.05) is 176 Å². The molecular weight excluding hydrogens is 691 g/mol. The van der Waals surface area contributed by atoms with E-state index in [2.05, 4.69) is 158 Å². The van der Waals surface area contributed by atoms with Crippen LogP contribution < -0.4 is 0 Å². The molecule has 0 unspecified atom stereocenters. The van der Waals surface area contributed by atoms with E-state index in [4.69, 9.17) is 9.97 Å². The third kappa shape index (κ3) is 5.92. The van der Waals surface area contributed by atoms with Gasteiger partial charge in [-0.15, -0.1) is 0 Å². The van der Waals surface area contributed by atoms with Crippen LogP contribution in [-0.4, -0.2) is 9.97 Å². The van der Waals surface area contributed by atoms with Gasteiger partial charge in [0.2, 0.25) is 0 Å². The normalized spacial score (nSPS) is 12.3. The number of hydrogen-bond donors (Lipinski definition) is 0. The summed E-state index contributed by atoms with van der Waals surface area (Å²) in [7, 11) is 0. The van der Waals surface area contributed by atoms with Crippen molar-refractivity contribution in [2.24, 2.45) is 0 Å². The molecule has 1 heterocycles. The van der Waals surface area contributed by atoms with Gasteiger partial charge < -0.3 is 0 Å². The second kappa shape index (κ2) is 14.2. The van der Waals surface area contributed by atoms with Crippen molar-refractivity contribution in [2.75, 3.05) is 0 Å². The number of fused-ring (bicyclic) bond motifs is 3. The molecule has 3 nitrogen and oxygen atoms in total. The Morgan fingerprint density at radius 1 is 0.351 bits per heavy atom. The Kier molecular flexibility index (Phi) is 8.43. The van der Waals surface area contributed by atoms with Gasteiger partial charge in [0.1, 0.15) is 0 Å². The molecule has 3 heteroatoms. The number of benzene rings is 8. The molecule has 1 aromatic heterocycles. The van der Waals surface area contributed by atoms with Crippen LogP contribution in [0, 0.1) is 11.3 Å². The Balaban J connectivity index is 1.15. The second-order valence-corrected chi connectivity index (χ2v) is 14.5. The predicted octanol–water partition coefficient (Wildman–Crippen LogP) is 13.0. The van der Waals surface area contributed by atoms with Crippen molar-refractivity contribution in [3.63, 3.8) is 0 Å². The van der Waals surface area contributed by atoms with Crippen LogP contribution in [0.1, 0.15) is 27.8 Å². The van der Waals surface area contributed by atoms with Crippen molar-refractivity contribution in [3.8, 4) is 73.4 Å². The van der Waals surface area contributed by atoms with Crippen molar-refractivity contribution in [2.45, 2.75) is 5.41 Å². The quantitative estimate of drug-likeness (QED) is 0.164. The number of aromatic nitrogens is 2. The molecule has 0 saturated heterocycles. The zero-order valence-electron chi connectivity index (χ0n) is 31.0. The van der Waals surface area contributed by atoms with Gasteiger partial charge in [-0.2, -0.15) is 5.26 Å². The van der Waals surface area contributed by atoms with Gasteiger partial charge in [0, 0.05) is 16.7 Å². The fraction of sp³-hybridized carbons (Fsp3) is 0.0185. The first-order valence-corrected chi connectivity index (χ1v) is 19.2. The number of hydrogen-bond acceptors (Lipinski definition) is 3. The van der Waals surface area contributed by atoms with E-state index >= 15 is 0 Å². The Bertz CT molecular complexity index is 2830. The lowest BCUT2D eigenvalue weighted by molar-refractivity contribution is 0.769. The summed E-state index contributed by atoms with van der Waals surface area (Å²) in [5, 5.41) is 9.48. The number of nitriles is 1. The molecule has 8 aromatic carbocycles. The Hall–Kier alpha value is -7.67. The first-order valence-electron chi connectivity index (χ1n) is 19.2. The smallest absolute Gasteiger partial charge is 0.160 e. The van der Waals surface area contributed by atoms with Crippen molar-refractivity contribution >= 4 is 0 Å². The number of rotatable bonds is 7. The Morgan fingerprint density at radius 3 is 1.35 bits per heavy atom. The van der Waals surface area contributed by atoms with E-state index in [1.54, 1.807) is 0 Å². The number of nitrogens with zero attached hydrogens (tertiary/aromatic N) is 3. The molecule has 0 N–H and O–H groups in total. The third-order valence-corrected chi connectivity index (χ3v) is 11.2. The molecule has 0 amide bonds. The lowest BCUT2D eigenvalue weighted by Gasteiger charge is -2.34. The molecule has 0 radical (unpaired) electrons. The van der Waals surface area contributed by atoms with Gasteiger partial charge >= 0.3 is 0 Å². The van der Waals surface area contributed by atoms with E-state index in [1.807, 2.05) is 60.7 Å². The molecule has 0 fully saturated rings. The summed E-state index contributed by atoms with van der Waals surface area (Å²) in [6.45, 7) is 0.